The van der Waals surface area contributed by atoms with Crippen LogP contribution < -0.4 is 4.74 Å². The number of ketones is 1. The predicted molar refractivity (Wildman–Crippen MR) is 81.6 cm³/mol. The molecule has 0 aliphatic heterocycles. The Kier molecular flexibility index (Phi) is 3.93. The monoisotopic (exact) mass is 268 g/mol. The van der Waals surface area contributed by atoms with E-state index in [0.717, 1.165) is 11.3 Å². The number of carbonyl (C=O) groups is 1. The molecular formula is C18H20O2. The summed E-state index contributed by atoms with van der Waals surface area (Å²) in [5.74, 6) is 0.862. The van der Waals surface area contributed by atoms with Gasteiger partial charge in [0.15, 0.2) is 5.78 Å². The molecule has 2 aromatic carbocycles. The molecule has 0 unspecified atom stereocenters. The highest BCUT2D eigenvalue weighted by molar-refractivity contribution is 6.09. The molecule has 2 heteroatoms. The summed E-state index contributed by atoms with van der Waals surface area (Å²) in [7, 11) is 1.66. The van der Waals surface area contributed by atoms with E-state index in [4.69, 9.17) is 4.74 Å². The Balaban J connectivity index is 2.47. The van der Waals surface area contributed by atoms with Gasteiger partial charge in [0.1, 0.15) is 5.75 Å². The molecule has 0 saturated heterocycles. The second kappa shape index (κ2) is 5.49. The third-order valence-electron chi connectivity index (χ3n) is 3.31. The topological polar surface area (TPSA) is 26.3 Å². The summed E-state index contributed by atoms with van der Waals surface area (Å²) in [6.07, 6.45) is 0. The van der Waals surface area contributed by atoms with Gasteiger partial charge < -0.3 is 4.74 Å². The van der Waals surface area contributed by atoms with E-state index in [-0.39, 0.29) is 11.2 Å². The van der Waals surface area contributed by atoms with Gasteiger partial charge in [-0.2, -0.15) is 0 Å². The van der Waals surface area contributed by atoms with Crippen molar-refractivity contribution in [2.75, 3.05) is 7.11 Å². The van der Waals surface area contributed by atoms with Crippen molar-refractivity contribution in [1.82, 2.24) is 0 Å². The molecule has 2 aromatic rings. The molecule has 0 amide bonds. The van der Waals surface area contributed by atoms with Gasteiger partial charge in [-0.25, -0.2) is 0 Å². The summed E-state index contributed by atoms with van der Waals surface area (Å²) in [6.45, 7) is 6.34. The number of hydrogen-bond donors (Lipinski definition) is 0. The van der Waals surface area contributed by atoms with Gasteiger partial charge in [-0.15, -0.1) is 0 Å². The second-order valence-corrected chi connectivity index (χ2v) is 5.86. The molecule has 0 aromatic heterocycles. The van der Waals surface area contributed by atoms with E-state index in [9.17, 15) is 4.79 Å². The van der Waals surface area contributed by atoms with Crippen LogP contribution in [0, 0.1) is 0 Å². The van der Waals surface area contributed by atoms with Crippen molar-refractivity contribution in [1.29, 1.82) is 0 Å². The van der Waals surface area contributed by atoms with Crippen LogP contribution >= 0.6 is 0 Å². The third-order valence-corrected chi connectivity index (χ3v) is 3.31. The number of benzene rings is 2. The second-order valence-electron chi connectivity index (χ2n) is 5.86. The highest BCUT2D eigenvalue weighted by Gasteiger charge is 2.21. The minimum atomic E-state index is -0.0711. The maximum Gasteiger partial charge on any atom is 0.193 e. The van der Waals surface area contributed by atoms with Gasteiger partial charge in [0, 0.05) is 16.7 Å². The summed E-state index contributed by atoms with van der Waals surface area (Å²) in [5.41, 5.74) is 2.37. The molecule has 2 nitrogen and oxygen atoms in total. The number of methoxy groups -OCH3 is 1. The van der Waals surface area contributed by atoms with E-state index in [1.54, 1.807) is 7.11 Å². The van der Waals surface area contributed by atoms with Gasteiger partial charge in [0.2, 0.25) is 0 Å². The van der Waals surface area contributed by atoms with Crippen molar-refractivity contribution in [3.63, 3.8) is 0 Å². The maximum absolute atomic E-state index is 12.5. The number of ether oxygens (including phenoxy) is 1. The molecule has 20 heavy (non-hydrogen) atoms. The van der Waals surface area contributed by atoms with Crippen LogP contribution in [0.1, 0.15) is 42.3 Å². The average molecular weight is 268 g/mol. The van der Waals surface area contributed by atoms with Crippen LogP contribution in [0.15, 0.2) is 48.5 Å². The molecule has 0 saturated carbocycles. The first-order valence-electron chi connectivity index (χ1n) is 6.72. The third kappa shape index (κ3) is 2.90. The average Bonchev–Trinajstić information content (AvgIpc) is 2.46. The minimum absolute atomic E-state index is 0.0405. The Hall–Kier alpha value is -2.09. The Morgan fingerprint density at radius 3 is 2.15 bits per heavy atom. The van der Waals surface area contributed by atoms with Crippen molar-refractivity contribution in [2.24, 2.45) is 0 Å². The first kappa shape index (κ1) is 14.3. The molecule has 104 valence electrons. The fourth-order valence-electron chi connectivity index (χ4n) is 2.19. The van der Waals surface area contributed by atoms with Crippen molar-refractivity contribution in [3.05, 3.63) is 65.2 Å². The summed E-state index contributed by atoms with van der Waals surface area (Å²) >= 11 is 0. The van der Waals surface area contributed by atoms with Crippen LogP contribution in [-0.2, 0) is 5.41 Å². The van der Waals surface area contributed by atoms with Crippen LogP contribution in [0.5, 0.6) is 5.75 Å². The van der Waals surface area contributed by atoms with Crippen LogP contribution in [-0.4, -0.2) is 12.9 Å². The van der Waals surface area contributed by atoms with Gasteiger partial charge in [-0.3, -0.25) is 4.79 Å². The van der Waals surface area contributed by atoms with Crippen molar-refractivity contribution >= 4 is 5.78 Å². The zero-order chi connectivity index (χ0) is 14.8. The van der Waals surface area contributed by atoms with Crippen molar-refractivity contribution < 1.29 is 9.53 Å². The molecule has 0 heterocycles. The van der Waals surface area contributed by atoms with Crippen molar-refractivity contribution in [2.45, 2.75) is 26.2 Å². The summed E-state index contributed by atoms with van der Waals surface area (Å²) < 4.78 is 5.40. The van der Waals surface area contributed by atoms with E-state index in [1.807, 2.05) is 48.5 Å². The Morgan fingerprint density at radius 1 is 0.950 bits per heavy atom. The predicted octanol–water partition coefficient (Wildman–Crippen LogP) is 4.22. The normalized spacial score (nSPS) is 11.2. The summed E-state index contributed by atoms with van der Waals surface area (Å²) in [6, 6.07) is 15.0. The highest BCUT2D eigenvalue weighted by Crippen LogP contribution is 2.32. The number of carbonyl (C=O) groups excluding carboxylic acids is 1. The Morgan fingerprint density at radius 2 is 1.60 bits per heavy atom. The molecule has 2 rings (SSSR count). The molecule has 0 fully saturated rings. The molecule has 0 spiro atoms. The van der Waals surface area contributed by atoms with Gasteiger partial charge in [-0.1, -0.05) is 51.1 Å². The smallest absolute Gasteiger partial charge is 0.193 e. The molecule has 0 aliphatic carbocycles. The molecule has 0 atom stereocenters. The number of hydrogen-bond acceptors (Lipinski definition) is 2. The lowest BCUT2D eigenvalue weighted by Crippen LogP contribution is -2.14. The minimum Gasteiger partial charge on any atom is -0.496 e. The van der Waals surface area contributed by atoms with Gasteiger partial charge in [0.25, 0.3) is 0 Å². The number of rotatable bonds is 3. The summed E-state index contributed by atoms with van der Waals surface area (Å²) in [4.78, 5) is 12.5. The standard InChI is InChI=1S/C18H20O2/c1-18(2,3)15-12-14(10-11-16(15)20-4)17(19)13-8-6-5-7-9-13/h5-12H,1-4H3. The van der Waals surface area contributed by atoms with Crippen LogP contribution in [0.4, 0.5) is 0 Å². The SMILES string of the molecule is COc1ccc(C(=O)c2ccccc2)cc1C(C)(C)C. The summed E-state index contributed by atoms with van der Waals surface area (Å²) in [5, 5.41) is 0. The van der Waals surface area contributed by atoms with Crippen molar-refractivity contribution in [3.8, 4) is 5.75 Å². The first-order valence-corrected chi connectivity index (χ1v) is 6.72. The zero-order valence-corrected chi connectivity index (χ0v) is 12.4. The lowest BCUT2D eigenvalue weighted by Gasteiger charge is -2.22. The lowest BCUT2D eigenvalue weighted by molar-refractivity contribution is 0.103. The zero-order valence-electron chi connectivity index (χ0n) is 12.4. The van der Waals surface area contributed by atoms with E-state index in [1.165, 1.54) is 0 Å². The molecule has 0 aliphatic rings. The van der Waals surface area contributed by atoms with Gasteiger partial charge in [0.05, 0.1) is 7.11 Å². The van der Waals surface area contributed by atoms with E-state index < -0.39 is 0 Å². The van der Waals surface area contributed by atoms with E-state index in [2.05, 4.69) is 20.8 Å². The van der Waals surface area contributed by atoms with Crippen LogP contribution in [0.2, 0.25) is 0 Å². The molecule has 0 N–H and O–H groups in total. The molecule has 0 radical (unpaired) electrons. The van der Waals surface area contributed by atoms with E-state index in [0.29, 0.717) is 11.1 Å². The lowest BCUT2D eigenvalue weighted by atomic mass is 9.84. The molecular weight excluding hydrogens is 248 g/mol. The van der Waals surface area contributed by atoms with Crippen LogP contribution in [0.3, 0.4) is 0 Å². The fraction of sp³-hybridized carbons (Fsp3) is 0.278. The fourth-order valence-corrected chi connectivity index (χ4v) is 2.19. The maximum atomic E-state index is 12.5. The van der Waals surface area contributed by atoms with Crippen LogP contribution in [0.25, 0.3) is 0 Å². The quantitative estimate of drug-likeness (QED) is 0.779. The molecule has 0 bridgehead atoms. The highest BCUT2D eigenvalue weighted by atomic mass is 16.5. The largest absolute Gasteiger partial charge is 0.496 e. The Bertz CT molecular complexity index is 607. The van der Waals surface area contributed by atoms with Gasteiger partial charge in [-0.05, 0) is 23.6 Å². The first-order chi connectivity index (χ1) is 9.43. The van der Waals surface area contributed by atoms with Gasteiger partial charge >= 0.3 is 0 Å². The Labute approximate surface area is 120 Å². The van der Waals surface area contributed by atoms with E-state index >= 15 is 0 Å².